The Kier molecular flexibility index (Phi) is 8.21. The fourth-order valence-electron chi connectivity index (χ4n) is 1.73. The van der Waals surface area contributed by atoms with E-state index in [-0.39, 0.29) is 30.0 Å². The molecule has 7 heteroatoms. The fraction of sp³-hybridized carbons (Fsp3) is 0.500. The highest BCUT2D eigenvalue weighted by atomic mass is 35.5. The van der Waals surface area contributed by atoms with E-state index in [4.69, 9.17) is 5.73 Å². The summed E-state index contributed by atoms with van der Waals surface area (Å²) in [5, 5.41) is 2.70. The maximum atomic E-state index is 12.3. The molecule has 1 aromatic carbocycles. The predicted molar refractivity (Wildman–Crippen MR) is 79.7 cm³/mol. The molecule has 0 saturated carbocycles. The number of para-hydroxylation sites is 1. The van der Waals surface area contributed by atoms with E-state index in [1.807, 2.05) is 13.8 Å². The minimum atomic E-state index is -2.91. The fourth-order valence-corrected chi connectivity index (χ4v) is 1.73. The van der Waals surface area contributed by atoms with Crippen LogP contribution in [0.1, 0.15) is 32.4 Å². The number of ether oxygens (including phenoxy) is 1. The number of amides is 1. The Hall–Kier alpha value is -1.40. The molecule has 4 nitrogen and oxygen atoms in total. The number of nitrogens with one attached hydrogen (secondary N) is 1. The molecule has 1 amide bonds. The standard InChI is InChI=1S/C14H20F2N2O2.ClH/c1-8(2)12(17)13(19)18-9(3)10-6-4-5-7-11(10)20-14(15)16;/h4-9,12,14H,17H2,1-3H3,(H,18,19);1H/t9?,12-;/m0./s1. The summed E-state index contributed by atoms with van der Waals surface area (Å²) in [5.41, 5.74) is 6.23. The van der Waals surface area contributed by atoms with Crippen molar-refractivity contribution in [2.45, 2.75) is 39.5 Å². The highest BCUT2D eigenvalue weighted by Crippen LogP contribution is 2.26. The van der Waals surface area contributed by atoms with Crippen LogP contribution >= 0.6 is 12.4 Å². The maximum absolute atomic E-state index is 12.3. The number of carbonyl (C=O) groups excluding carboxylic acids is 1. The molecule has 1 aromatic rings. The van der Waals surface area contributed by atoms with Gasteiger partial charge >= 0.3 is 6.61 Å². The molecule has 0 aliphatic heterocycles. The number of halogens is 3. The minimum Gasteiger partial charge on any atom is -0.434 e. The Balaban J connectivity index is 0.00000400. The van der Waals surface area contributed by atoms with Crippen LogP contribution in [0.3, 0.4) is 0 Å². The molecule has 0 aliphatic carbocycles. The molecule has 2 atom stereocenters. The van der Waals surface area contributed by atoms with Crippen molar-refractivity contribution in [3.8, 4) is 5.75 Å². The van der Waals surface area contributed by atoms with Crippen molar-refractivity contribution in [1.82, 2.24) is 5.32 Å². The maximum Gasteiger partial charge on any atom is 0.387 e. The van der Waals surface area contributed by atoms with Gasteiger partial charge in [0.15, 0.2) is 0 Å². The smallest absolute Gasteiger partial charge is 0.387 e. The molecule has 0 spiro atoms. The van der Waals surface area contributed by atoms with Crippen molar-refractivity contribution < 1.29 is 18.3 Å². The second kappa shape index (κ2) is 8.79. The predicted octanol–water partition coefficient (Wildman–Crippen LogP) is 2.87. The molecule has 0 bridgehead atoms. The van der Waals surface area contributed by atoms with Gasteiger partial charge in [0.05, 0.1) is 12.1 Å². The SMILES string of the molecule is CC(NC(=O)[C@@H](N)C(C)C)c1ccccc1OC(F)F.Cl. The molecule has 0 saturated heterocycles. The molecular weight excluding hydrogens is 302 g/mol. The number of rotatable bonds is 6. The highest BCUT2D eigenvalue weighted by molar-refractivity contribution is 5.85. The summed E-state index contributed by atoms with van der Waals surface area (Å²) in [6, 6.07) is 5.24. The first-order valence-electron chi connectivity index (χ1n) is 6.42. The monoisotopic (exact) mass is 322 g/mol. The molecule has 120 valence electrons. The molecule has 0 aromatic heterocycles. The lowest BCUT2D eigenvalue weighted by atomic mass is 10.0. The van der Waals surface area contributed by atoms with E-state index in [0.29, 0.717) is 5.56 Å². The molecule has 1 unspecified atom stereocenters. The van der Waals surface area contributed by atoms with Crippen LogP contribution in [0.5, 0.6) is 5.75 Å². The summed E-state index contributed by atoms with van der Waals surface area (Å²) in [4.78, 5) is 11.9. The molecule has 0 heterocycles. The van der Waals surface area contributed by atoms with Crippen molar-refractivity contribution >= 4 is 18.3 Å². The average Bonchev–Trinajstić information content (AvgIpc) is 2.37. The highest BCUT2D eigenvalue weighted by Gasteiger charge is 2.21. The zero-order valence-corrected chi connectivity index (χ0v) is 13.0. The average molecular weight is 323 g/mol. The largest absolute Gasteiger partial charge is 0.434 e. The van der Waals surface area contributed by atoms with Crippen LogP contribution in [0.25, 0.3) is 0 Å². The zero-order chi connectivity index (χ0) is 15.3. The number of hydrogen-bond donors (Lipinski definition) is 2. The van der Waals surface area contributed by atoms with E-state index >= 15 is 0 Å². The van der Waals surface area contributed by atoms with E-state index in [9.17, 15) is 13.6 Å². The Morgan fingerprint density at radius 2 is 1.81 bits per heavy atom. The van der Waals surface area contributed by atoms with Gasteiger partial charge in [0.25, 0.3) is 0 Å². The summed E-state index contributed by atoms with van der Waals surface area (Å²) in [5.74, 6) is -0.275. The van der Waals surface area contributed by atoms with Gasteiger partial charge in [-0.1, -0.05) is 32.0 Å². The second-order valence-corrected chi connectivity index (χ2v) is 4.92. The quantitative estimate of drug-likeness (QED) is 0.846. The van der Waals surface area contributed by atoms with Crippen LogP contribution in [0.4, 0.5) is 8.78 Å². The first kappa shape index (κ1) is 19.6. The number of alkyl halides is 2. The van der Waals surface area contributed by atoms with Gasteiger partial charge in [0.1, 0.15) is 5.75 Å². The second-order valence-electron chi connectivity index (χ2n) is 4.92. The van der Waals surface area contributed by atoms with Crippen molar-refractivity contribution in [2.75, 3.05) is 0 Å². The van der Waals surface area contributed by atoms with Crippen LogP contribution < -0.4 is 15.8 Å². The molecule has 21 heavy (non-hydrogen) atoms. The van der Waals surface area contributed by atoms with Crippen LogP contribution in [0, 0.1) is 5.92 Å². The van der Waals surface area contributed by atoms with E-state index in [1.165, 1.54) is 6.07 Å². The lowest BCUT2D eigenvalue weighted by Gasteiger charge is -2.21. The molecule has 0 aliphatic rings. The van der Waals surface area contributed by atoms with E-state index in [1.54, 1.807) is 25.1 Å². The molecule has 0 radical (unpaired) electrons. The van der Waals surface area contributed by atoms with E-state index in [0.717, 1.165) is 0 Å². The Bertz CT molecular complexity index is 458. The minimum absolute atomic E-state index is 0. The summed E-state index contributed by atoms with van der Waals surface area (Å²) in [6.07, 6.45) is 0. The third-order valence-corrected chi connectivity index (χ3v) is 2.98. The van der Waals surface area contributed by atoms with Gasteiger partial charge in [0.2, 0.25) is 5.91 Å². The Morgan fingerprint density at radius 1 is 1.24 bits per heavy atom. The van der Waals surface area contributed by atoms with Gasteiger partial charge in [0, 0.05) is 5.56 Å². The van der Waals surface area contributed by atoms with Crippen molar-refractivity contribution in [2.24, 2.45) is 11.7 Å². The number of nitrogens with two attached hydrogens (primary N) is 1. The summed E-state index contributed by atoms with van der Waals surface area (Å²) in [7, 11) is 0. The van der Waals surface area contributed by atoms with Crippen LogP contribution in [-0.4, -0.2) is 18.6 Å². The number of benzene rings is 1. The van der Waals surface area contributed by atoms with Crippen molar-refractivity contribution in [3.63, 3.8) is 0 Å². The third-order valence-electron chi connectivity index (χ3n) is 2.98. The summed E-state index contributed by atoms with van der Waals surface area (Å²) >= 11 is 0. The van der Waals surface area contributed by atoms with Gasteiger partial charge in [-0.05, 0) is 18.9 Å². The first-order chi connectivity index (χ1) is 9.32. The van der Waals surface area contributed by atoms with Crippen molar-refractivity contribution in [3.05, 3.63) is 29.8 Å². The van der Waals surface area contributed by atoms with E-state index in [2.05, 4.69) is 10.1 Å². The van der Waals surface area contributed by atoms with Gasteiger partial charge in [-0.15, -0.1) is 12.4 Å². The first-order valence-corrected chi connectivity index (χ1v) is 6.42. The summed E-state index contributed by atoms with van der Waals surface area (Å²) in [6.45, 7) is 2.46. The Morgan fingerprint density at radius 3 is 2.33 bits per heavy atom. The molecule has 1 rings (SSSR count). The molecular formula is C14H21ClF2N2O2. The Labute approximate surface area is 129 Å². The van der Waals surface area contributed by atoms with Crippen LogP contribution in [0.15, 0.2) is 24.3 Å². The van der Waals surface area contributed by atoms with Gasteiger partial charge in [-0.3, -0.25) is 4.79 Å². The summed E-state index contributed by atoms with van der Waals surface area (Å²) < 4.78 is 29.1. The van der Waals surface area contributed by atoms with Crippen LogP contribution in [0.2, 0.25) is 0 Å². The lowest BCUT2D eigenvalue weighted by Crippen LogP contribution is -2.44. The molecule has 0 fully saturated rings. The number of hydrogen-bond acceptors (Lipinski definition) is 3. The van der Waals surface area contributed by atoms with E-state index < -0.39 is 18.7 Å². The van der Waals surface area contributed by atoms with Crippen molar-refractivity contribution in [1.29, 1.82) is 0 Å². The van der Waals surface area contributed by atoms with Gasteiger partial charge in [-0.2, -0.15) is 8.78 Å². The lowest BCUT2D eigenvalue weighted by molar-refractivity contribution is -0.123. The van der Waals surface area contributed by atoms with Crippen LogP contribution in [-0.2, 0) is 4.79 Å². The third kappa shape index (κ3) is 5.85. The van der Waals surface area contributed by atoms with Gasteiger partial charge in [-0.25, -0.2) is 0 Å². The normalized spacial score (nSPS) is 13.5. The topological polar surface area (TPSA) is 64.4 Å². The zero-order valence-electron chi connectivity index (χ0n) is 12.2. The molecule has 3 N–H and O–H groups in total. The van der Waals surface area contributed by atoms with Gasteiger partial charge < -0.3 is 15.8 Å². The number of carbonyl (C=O) groups is 1.